The zero-order valence-electron chi connectivity index (χ0n) is 9.90. The van der Waals surface area contributed by atoms with E-state index < -0.39 is 0 Å². The molecule has 2 heterocycles. The SMILES string of the molecule is CC(=O)NC1c2cccc(C)c2-n2cccc21. The molecule has 1 atom stereocenters. The van der Waals surface area contributed by atoms with Gasteiger partial charge in [0.15, 0.2) is 0 Å². The number of aryl methyl sites for hydroxylation is 1. The second-order valence-electron chi connectivity index (χ2n) is 4.45. The lowest BCUT2D eigenvalue weighted by atomic mass is 10.0. The van der Waals surface area contributed by atoms with E-state index in [1.165, 1.54) is 16.8 Å². The molecule has 1 aromatic heterocycles. The van der Waals surface area contributed by atoms with Crippen LogP contribution in [0.2, 0.25) is 0 Å². The fraction of sp³-hybridized carbons (Fsp3) is 0.214. The van der Waals surface area contributed by atoms with Gasteiger partial charge in [-0.15, -0.1) is 0 Å². The Balaban J connectivity index is 2.22. The van der Waals surface area contributed by atoms with Crippen LogP contribution in [0.4, 0.5) is 0 Å². The molecule has 3 rings (SSSR count). The summed E-state index contributed by atoms with van der Waals surface area (Å²) in [6.07, 6.45) is 2.04. The fourth-order valence-corrected chi connectivity index (χ4v) is 2.59. The van der Waals surface area contributed by atoms with Crippen LogP contribution in [-0.2, 0) is 4.79 Å². The van der Waals surface area contributed by atoms with Gasteiger partial charge in [0.1, 0.15) is 0 Å². The lowest BCUT2D eigenvalue weighted by Gasteiger charge is -2.12. The predicted octanol–water partition coefficient (Wildman–Crippen LogP) is 2.32. The Labute approximate surface area is 100 Å². The van der Waals surface area contributed by atoms with Crippen LogP contribution in [0.1, 0.15) is 29.8 Å². The van der Waals surface area contributed by atoms with Crippen LogP contribution in [0.5, 0.6) is 0 Å². The molecular formula is C14H14N2O. The van der Waals surface area contributed by atoms with E-state index in [-0.39, 0.29) is 11.9 Å². The number of aromatic nitrogens is 1. The van der Waals surface area contributed by atoms with Crippen LogP contribution in [-0.4, -0.2) is 10.5 Å². The van der Waals surface area contributed by atoms with Gasteiger partial charge in [0.25, 0.3) is 0 Å². The molecule has 2 aromatic rings. The second-order valence-corrected chi connectivity index (χ2v) is 4.45. The van der Waals surface area contributed by atoms with Crippen LogP contribution in [0.25, 0.3) is 5.69 Å². The zero-order chi connectivity index (χ0) is 12.0. The van der Waals surface area contributed by atoms with Crippen molar-refractivity contribution in [3.05, 3.63) is 53.3 Å². The number of fused-ring (bicyclic) bond motifs is 3. The number of rotatable bonds is 1. The normalized spacial score (nSPS) is 16.5. The van der Waals surface area contributed by atoms with E-state index in [0.717, 1.165) is 5.69 Å². The first-order valence-electron chi connectivity index (χ1n) is 5.72. The van der Waals surface area contributed by atoms with Gasteiger partial charge in [-0.1, -0.05) is 18.2 Å². The minimum absolute atomic E-state index is 0.00268. The average molecular weight is 226 g/mol. The predicted molar refractivity (Wildman–Crippen MR) is 66.2 cm³/mol. The highest BCUT2D eigenvalue weighted by Crippen LogP contribution is 2.37. The number of amides is 1. The summed E-state index contributed by atoms with van der Waals surface area (Å²) in [6.45, 7) is 3.65. The number of carbonyl (C=O) groups excluding carboxylic acids is 1. The van der Waals surface area contributed by atoms with Crippen molar-refractivity contribution in [1.29, 1.82) is 0 Å². The fourth-order valence-electron chi connectivity index (χ4n) is 2.59. The monoisotopic (exact) mass is 226 g/mol. The quantitative estimate of drug-likeness (QED) is 0.795. The Morgan fingerprint density at radius 2 is 2.12 bits per heavy atom. The second kappa shape index (κ2) is 3.48. The van der Waals surface area contributed by atoms with Crippen molar-refractivity contribution in [3.63, 3.8) is 0 Å². The van der Waals surface area contributed by atoms with Crippen LogP contribution < -0.4 is 5.32 Å². The molecule has 1 aliphatic rings. The van der Waals surface area contributed by atoms with Gasteiger partial charge in [-0.3, -0.25) is 4.79 Å². The summed E-state index contributed by atoms with van der Waals surface area (Å²) < 4.78 is 2.16. The molecule has 1 aromatic carbocycles. The maximum atomic E-state index is 11.3. The highest BCUT2D eigenvalue weighted by atomic mass is 16.1. The number of hydrogen-bond acceptors (Lipinski definition) is 1. The van der Waals surface area contributed by atoms with Crippen LogP contribution in [0, 0.1) is 6.92 Å². The first kappa shape index (κ1) is 10.1. The highest BCUT2D eigenvalue weighted by Gasteiger charge is 2.29. The smallest absolute Gasteiger partial charge is 0.217 e. The van der Waals surface area contributed by atoms with Crippen molar-refractivity contribution < 1.29 is 4.79 Å². The number of hydrogen-bond donors (Lipinski definition) is 1. The first-order chi connectivity index (χ1) is 8.18. The van der Waals surface area contributed by atoms with E-state index >= 15 is 0 Å². The van der Waals surface area contributed by atoms with Crippen molar-refractivity contribution in [2.24, 2.45) is 0 Å². The minimum atomic E-state index is -0.0163. The summed E-state index contributed by atoms with van der Waals surface area (Å²) >= 11 is 0. The maximum Gasteiger partial charge on any atom is 0.217 e. The van der Waals surface area contributed by atoms with Gasteiger partial charge < -0.3 is 9.88 Å². The molecule has 1 aliphatic heterocycles. The average Bonchev–Trinajstić information content (AvgIpc) is 2.82. The molecule has 1 unspecified atom stereocenters. The Kier molecular flexibility index (Phi) is 2.08. The molecule has 0 saturated heterocycles. The molecule has 0 fully saturated rings. The molecule has 86 valence electrons. The standard InChI is InChI=1S/C14H14N2O/c1-9-5-3-6-11-13(15-10(2)17)12-7-4-8-16(12)14(9)11/h3-8,13H,1-2H3,(H,15,17). The lowest BCUT2D eigenvalue weighted by molar-refractivity contribution is -0.119. The summed E-state index contributed by atoms with van der Waals surface area (Å²) in [4.78, 5) is 11.3. The zero-order valence-corrected chi connectivity index (χ0v) is 9.90. The van der Waals surface area contributed by atoms with Crippen molar-refractivity contribution >= 4 is 5.91 Å². The summed E-state index contributed by atoms with van der Waals surface area (Å²) in [5, 5.41) is 3.01. The number of nitrogens with one attached hydrogen (secondary N) is 1. The molecule has 1 amide bonds. The third-order valence-corrected chi connectivity index (χ3v) is 3.24. The molecule has 0 spiro atoms. The molecule has 0 aliphatic carbocycles. The van der Waals surface area contributed by atoms with E-state index in [0.29, 0.717) is 0 Å². The Morgan fingerprint density at radius 1 is 1.29 bits per heavy atom. The molecule has 0 radical (unpaired) electrons. The Bertz CT molecular complexity index is 598. The van der Waals surface area contributed by atoms with Gasteiger partial charge in [0, 0.05) is 24.4 Å². The Hall–Kier alpha value is -2.03. The van der Waals surface area contributed by atoms with Crippen LogP contribution >= 0.6 is 0 Å². The third kappa shape index (κ3) is 1.39. The summed E-state index contributed by atoms with van der Waals surface area (Å²) in [7, 11) is 0. The van der Waals surface area contributed by atoms with Crippen LogP contribution in [0.15, 0.2) is 36.5 Å². The van der Waals surface area contributed by atoms with Gasteiger partial charge in [0.2, 0.25) is 5.91 Å². The third-order valence-electron chi connectivity index (χ3n) is 3.24. The van der Waals surface area contributed by atoms with Crippen molar-refractivity contribution in [2.45, 2.75) is 19.9 Å². The topological polar surface area (TPSA) is 34.0 Å². The number of carbonyl (C=O) groups is 1. The van der Waals surface area contributed by atoms with Gasteiger partial charge in [-0.2, -0.15) is 0 Å². The van der Waals surface area contributed by atoms with Crippen molar-refractivity contribution in [2.75, 3.05) is 0 Å². The van der Waals surface area contributed by atoms with Gasteiger partial charge in [-0.05, 0) is 24.6 Å². The Morgan fingerprint density at radius 3 is 2.88 bits per heavy atom. The summed E-state index contributed by atoms with van der Waals surface area (Å²) in [5.41, 5.74) is 4.74. The molecule has 3 nitrogen and oxygen atoms in total. The molecule has 0 saturated carbocycles. The van der Waals surface area contributed by atoms with E-state index in [4.69, 9.17) is 0 Å². The highest BCUT2D eigenvalue weighted by molar-refractivity contribution is 5.75. The van der Waals surface area contributed by atoms with Gasteiger partial charge >= 0.3 is 0 Å². The molecular weight excluding hydrogens is 212 g/mol. The van der Waals surface area contributed by atoms with E-state index in [9.17, 15) is 4.79 Å². The van der Waals surface area contributed by atoms with Crippen molar-refractivity contribution in [3.8, 4) is 5.69 Å². The van der Waals surface area contributed by atoms with Crippen LogP contribution in [0.3, 0.4) is 0 Å². The number of nitrogens with zero attached hydrogens (tertiary/aromatic N) is 1. The van der Waals surface area contributed by atoms with Gasteiger partial charge in [0.05, 0.1) is 11.7 Å². The molecule has 1 N–H and O–H groups in total. The minimum Gasteiger partial charge on any atom is -0.344 e. The van der Waals surface area contributed by atoms with Crippen molar-refractivity contribution in [1.82, 2.24) is 9.88 Å². The van der Waals surface area contributed by atoms with Gasteiger partial charge in [-0.25, -0.2) is 0 Å². The maximum absolute atomic E-state index is 11.3. The molecule has 3 heteroatoms. The van der Waals surface area contributed by atoms with E-state index in [1.807, 2.05) is 18.3 Å². The van der Waals surface area contributed by atoms with E-state index in [1.54, 1.807) is 6.92 Å². The molecule has 17 heavy (non-hydrogen) atoms. The number of benzene rings is 1. The largest absolute Gasteiger partial charge is 0.344 e. The number of para-hydroxylation sites is 1. The summed E-state index contributed by atoms with van der Waals surface area (Å²) in [5.74, 6) is -0.00268. The molecule has 0 bridgehead atoms. The summed E-state index contributed by atoms with van der Waals surface area (Å²) in [6, 6.07) is 10.3. The lowest BCUT2D eigenvalue weighted by Crippen LogP contribution is -2.25. The first-order valence-corrected chi connectivity index (χ1v) is 5.72. The van der Waals surface area contributed by atoms with E-state index in [2.05, 4.69) is 35.0 Å².